The number of hydrogen-bond acceptors (Lipinski definition) is 4. The van der Waals surface area contributed by atoms with Gasteiger partial charge in [0.15, 0.2) is 0 Å². The van der Waals surface area contributed by atoms with E-state index in [1.54, 1.807) is 12.3 Å². The van der Waals surface area contributed by atoms with E-state index in [2.05, 4.69) is 24.1 Å². The predicted octanol–water partition coefficient (Wildman–Crippen LogP) is 3.88. The van der Waals surface area contributed by atoms with Crippen molar-refractivity contribution in [3.05, 3.63) is 54.0 Å². The van der Waals surface area contributed by atoms with E-state index in [0.29, 0.717) is 24.6 Å². The zero-order valence-corrected chi connectivity index (χ0v) is 15.6. The summed E-state index contributed by atoms with van der Waals surface area (Å²) in [5.41, 5.74) is 0.617. The molecule has 0 spiro atoms. The van der Waals surface area contributed by atoms with Crippen molar-refractivity contribution in [3.63, 3.8) is 0 Å². The van der Waals surface area contributed by atoms with Gasteiger partial charge in [0.25, 0.3) is 5.91 Å². The number of hydrogen-bond donors (Lipinski definition) is 1. The summed E-state index contributed by atoms with van der Waals surface area (Å²) in [5.74, 6) is 1.99. The van der Waals surface area contributed by atoms with Crippen molar-refractivity contribution in [1.82, 2.24) is 10.2 Å². The van der Waals surface area contributed by atoms with E-state index in [1.807, 2.05) is 30.3 Å². The van der Waals surface area contributed by atoms with Gasteiger partial charge in [0.2, 0.25) is 0 Å². The average molecular weight is 356 g/mol. The smallest absolute Gasteiger partial charge is 0.251 e. The van der Waals surface area contributed by atoms with E-state index in [1.165, 1.54) is 12.8 Å². The van der Waals surface area contributed by atoms with Crippen molar-refractivity contribution >= 4 is 5.91 Å². The number of amides is 1. The van der Waals surface area contributed by atoms with E-state index in [0.717, 1.165) is 24.6 Å². The molecule has 0 bridgehead atoms. The van der Waals surface area contributed by atoms with Crippen molar-refractivity contribution in [2.45, 2.75) is 32.7 Å². The van der Waals surface area contributed by atoms with Crippen molar-refractivity contribution < 1.29 is 13.9 Å². The largest absolute Gasteiger partial charge is 0.493 e. The molecule has 1 aromatic carbocycles. The van der Waals surface area contributed by atoms with E-state index >= 15 is 0 Å². The minimum absolute atomic E-state index is 0.0804. The molecule has 0 radical (unpaired) electrons. The van der Waals surface area contributed by atoms with Gasteiger partial charge in [-0.1, -0.05) is 19.9 Å². The Morgan fingerprint density at radius 2 is 2.04 bits per heavy atom. The zero-order chi connectivity index (χ0) is 18.4. The summed E-state index contributed by atoms with van der Waals surface area (Å²) in [7, 11) is 0. The Morgan fingerprint density at radius 3 is 2.73 bits per heavy atom. The number of nitrogens with zero attached hydrogens (tertiary/aromatic N) is 1. The first-order chi connectivity index (χ1) is 12.6. The van der Waals surface area contributed by atoms with Gasteiger partial charge in [0.05, 0.1) is 18.9 Å². The highest BCUT2D eigenvalue weighted by molar-refractivity contribution is 5.94. The van der Waals surface area contributed by atoms with Crippen LogP contribution in [0.25, 0.3) is 0 Å². The Bertz CT molecular complexity index is 691. The number of furan rings is 1. The molecule has 1 aliphatic rings. The van der Waals surface area contributed by atoms with E-state index in [9.17, 15) is 4.79 Å². The minimum atomic E-state index is -0.0873. The standard InChI is InChI=1S/C21H28N2O3/c1-16(2)15-26-18-8-5-7-17(13-18)21(24)22-14-19(20-9-6-12-25-20)23-10-3-4-11-23/h5-9,12-13,16,19H,3-4,10-11,14-15H2,1-2H3,(H,22,24). The van der Waals surface area contributed by atoms with Gasteiger partial charge in [-0.2, -0.15) is 0 Å². The van der Waals surface area contributed by atoms with Crippen LogP contribution >= 0.6 is 0 Å². The molecule has 26 heavy (non-hydrogen) atoms. The topological polar surface area (TPSA) is 54.7 Å². The molecule has 1 fully saturated rings. The van der Waals surface area contributed by atoms with Crippen LogP contribution in [-0.2, 0) is 0 Å². The molecule has 0 aliphatic carbocycles. The van der Waals surface area contributed by atoms with Crippen LogP contribution < -0.4 is 10.1 Å². The Balaban J connectivity index is 1.62. The van der Waals surface area contributed by atoms with E-state index in [-0.39, 0.29) is 11.9 Å². The molecular weight excluding hydrogens is 328 g/mol. The fourth-order valence-corrected chi connectivity index (χ4v) is 3.23. The lowest BCUT2D eigenvalue weighted by molar-refractivity contribution is 0.0933. The van der Waals surface area contributed by atoms with Crippen molar-refractivity contribution in [2.75, 3.05) is 26.2 Å². The first-order valence-corrected chi connectivity index (χ1v) is 9.42. The maximum atomic E-state index is 12.6. The molecule has 1 saturated heterocycles. The maximum Gasteiger partial charge on any atom is 0.251 e. The number of likely N-dealkylation sites (tertiary alicyclic amines) is 1. The number of carbonyl (C=O) groups excluding carboxylic acids is 1. The second-order valence-corrected chi connectivity index (χ2v) is 7.22. The summed E-state index contributed by atoms with van der Waals surface area (Å²) in [4.78, 5) is 15.0. The van der Waals surface area contributed by atoms with Crippen molar-refractivity contribution in [1.29, 1.82) is 0 Å². The Hall–Kier alpha value is -2.27. The lowest BCUT2D eigenvalue weighted by Crippen LogP contribution is -2.36. The van der Waals surface area contributed by atoms with Gasteiger partial charge in [0.1, 0.15) is 11.5 Å². The molecular formula is C21H28N2O3. The van der Waals surface area contributed by atoms with Crippen LogP contribution in [0.4, 0.5) is 0 Å². The van der Waals surface area contributed by atoms with Gasteiger partial charge in [-0.05, 0) is 62.2 Å². The molecule has 0 saturated carbocycles. The van der Waals surface area contributed by atoms with Gasteiger partial charge in [-0.3, -0.25) is 9.69 Å². The summed E-state index contributed by atoms with van der Waals surface area (Å²) >= 11 is 0. The van der Waals surface area contributed by atoms with Gasteiger partial charge >= 0.3 is 0 Å². The van der Waals surface area contributed by atoms with Gasteiger partial charge in [-0.15, -0.1) is 0 Å². The lowest BCUT2D eigenvalue weighted by Gasteiger charge is -2.26. The SMILES string of the molecule is CC(C)COc1cccc(C(=O)NCC(c2ccco2)N2CCCC2)c1. The molecule has 1 amide bonds. The minimum Gasteiger partial charge on any atom is -0.493 e. The fraction of sp³-hybridized carbons (Fsp3) is 0.476. The quantitative estimate of drug-likeness (QED) is 0.780. The van der Waals surface area contributed by atoms with E-state index in [4.69, 9.17) is 9.15 Å². The van der Waals surface area contributed by atoms with Crippen LogP contribution in [0, 0.1) is 5.92 Å². The Morgan fingerprint density at radius 1 is 1.23 bits per heavy atom. The van der Waals surface area contributed by atoms with Crippen LogP contribution in [0.3, 0.4) is 0 Å². The van der Waals surface area contributed by atoms with Crippen molar-refractivity contribution in [3.8, 4) is 5.75 Å². The van der Waals surface area contributed by atoms with Crippen LogP contribution in [0.5, 0.6) is 5.75 Å². The monoisotopic (exact) mass is 356 g/mol. The zero-order valence-electron chi connectivity index (χ0n) is 15.6. The fourth-order valence-electron chi connectivity index (χ4n) is 3.23. The van der Waals surface area contributed by atoms with Crippen LogP contribution in [0.1, 0.15) is 48.8 Å². The van der Waals surface area contributed by atoms with Gasteiger partial charge in [0, 0.05) is 12.1 Å². The second-order valence-electron chi connectivity index (χ2n) is 7.22. The molecule has 1 N–H and O–H groups in total. The molecule has 5 nitrogen and oxygen atoms in total. The maximum absolute atomic E-state index is 12.6. The molecule has 3 rings (SSSR count). The number of rotatable bonds is 8. The van der Waals surface area contributed by atoms with Crippen LogP contribution in [0.15, 0.2) is 47.1 Å². The molecule has 5 heteroatoms. The summed E-state index contributed by atoms with van der Waals surface area (Å²) in [6.45, 7) is 7.46. The van der Waals surface area contributed by atoms with Gasteiger partial charge < -0.3 is 14.5 Å². The highest BCUT2D eigenvalue weighted by atomic mass is 16.5. The lowest BCUT2D eigenvalue weighted by atomic mass is 10.1. The summed E-state index contributed by atoms with van der Waals surface area (Å²) in [6, 6.07) is 11.3. The number of benzene rings is 1. The van der Waals surface area contributed by atoms with Gasteiger partial charge in [-0.25, -0.2) is 0 Å². The molecule has 1 unspecified atom stereocenters. The molecule has 2 aromatic rings. The third kappa shape index (κ3) is 4.88. The molecule has 140 valence electrons. The molecule has 1 atom stereocenters. The number of nitrogens with one attached hydrogen (secondary N) is 1. The number of carbonyl (C=O) groups is 1. The van der Waals surface area contributed by atoms with Crippen LogP contribution in [-0.4, -0.2) is 37.0 Å². The Kier molecular flexibility index (Phi) is 6.34. The third-order valence-corrected chi connectivity index (χ3v) is 4.59. The molecule has 2 heterocycles. The van der Waals surface area contributed by atoms with E-state index < -0.39 is 0 Å². The first-order valence-electron chi connectivity index (χ1n) is 9.42. The third-order valence-electron chi connectivity index (χ3n) is 4.59. The first kappa shape index (κ1) is 18.5. The van der Waals surface area contributed by atoms with Crippen LogP contribution in [0.2, 0.25) is 0 Å². The highest BCUT2D eigenvalue weighted by Crippen LogP contribution is 2.25. The highest BCUT2D eigenvalue weighted by Gasteiger charge is 2.26. The second kappa shape index (κ2) is 8.90. The summed E-state index contributed by atoms with van der Waals surface area (Å²) in [5, 5.41) is 3.06. The molecule has 1 aromatic heterocycles. The van der Waals surface area contributed by atoms with Crippen molar-refractivity contribution in [2.24, 2.45) is 5.92 Å². The Labute approximate surface area is 155 Å². The number of ether oxygens (including phenoxy) is 1. The molecule has 1 aliphatic heterocycles. The predicted molar refractivity (Wildman–Crippen MR) is 101 cm³/mol. The summed E-state index contributed by atoms with van der Waals surface area (Å²) < 4.78 is 11.3. The average Bonchev–Trinajstić information content (AvgIpc) is 3.35. The normalized spacial score (nSPS) is 16.0. The summed E-state index contributed by atoms with van der Waals surface area (Å²) in [6.07, 6.45) is 4.08.